The number of carbonyl (C=O) groups is 8. The first-order valence-electron chi connectivity index (χ1n) is 41.7. The van der Waals surface area contributed by atoms with Crippen molar-refractivity contribution in [2.75, 3.05) is 80.7 Å². The monoisotopic (exact) mass is 1760 g/mol. The Morgan fingerprint density at radius 2 is 0.901 bits per heavy atom. The number of alkyl carbamates (subject to hydrolysis) is 1. The summed E-state index contributed by atoms with van der Waals surface area (Å²) in [6, 6.07) is 16.5. The first-order valence-corrected chi connectivity index (χ1v) is 47.8. The normalized spacial score (nSPS) is 14.4. The highest BCUT2D eigenvalue weighted by molar-refractivity contribution is 8.77. The molecule has 1 aliphatic carbocycles. The number of nitrogens with one attached hydrogen (secondary N) is 8. The summed E-state index contributed by atoms with van der Waals surface area (Å²) >= 11 is 2.57. The fraction of sp³-hybridized carbons (Fsp3) is 0.505. The van der Waals surface area contributed by atoms with Gasteiger partial charge in [0.25, 0.3) is 0 Å². The van der Waals surface area contributed by atoms with Crippen molar-refractivity contribution in [2.45, 2.75) is 231 Å². The van der Waals surface area contributed by atoms with Gasteiger partial charge in [-0.2, -0.15) is 23.5 Å². The predicted molar refractivity (Wildman–Crippen MR) is 500 cm³/mol. The second-order valence-corrected chi connectivity index (χ2v) is 39.5. The molecule has 11 N–H and O–H groups in total. The Hall–Kier alpha value is -8.35. The molecule has 28 heteroatoms. The largest absolute Gasteiger partial charge is 0.481 e. The molecule has 664 valence electrons. The van der Waals surface area contributed by atoms with E-state index in [2.05, 4.69) is 114 Å². The average Bonchev–Trinajstić information content (AvgIpc) is 1.66. The number of benzene rings is 4. The number of rotatable bonds is 56. The van der Waals surface area contributed by atoms with E-state index in [1.807, 2.05) is 133 Å². The van der Waals surface area contributed by atoms with Crippen LogP contribution in [0.2, 0.25) is 0 Å². The molecule has 0 bridgehead atoms. The molecule has 0 radical (unpaired) electrons. The van der Waals surface area contributed by atoms with Gasteiger partial charge in [-0.25, -0.2) is 17.9 Å². The molecule has 5 rings (SSSR count). The summed E-state index contributed by atoms with van der Waals surface area (Å²) in [5.74, 6) is -6.76. The van der Waals surface area contributed by atoms with E-state index in [-0.39, 0.29) is 52.5 Å². The fourth-order valence-electron chi connectivity index (χ4n) is 13.3. The molecule has 4 aromatic rings. The second kappa shape index (κ2) is 54.3. The number of carbonyl (C=O) groups excluding carboxylic acids is 7. The van der Waals surface area contributed by atoms with Gasteiger partial charge in [-0.15, -0.1) is 13.2 Å². The molecule has 1 aliphatic rings. The Balaban J connectivity index is 1.36. The lowest BCUT2D eigenvalue weighted by molar-refractivity contribution is -0.138. The molecular weight excluding hydrogens is 1630 g/mol. The Morgan fingerprint density at radius 3 is 1.36 bits per heavy atom. The second-order valence-electron chi connectivity index (χ2n) is 32.5. The number of nitrogens with zero attached hydrogens (tertiary/aromatic N) is 1. The van der Waals surface area contributed by atoms with Gasteiger partial charge in [0.15, 0.2) is 0 Å². The molecule has 7 amide bonds. The number of carboxylic acids is 1. The van der Waals surface area contributed by atoms with Crippen LogP contribution in [-0.4, -0.2) is 188 Å². The van der Waals surface area contributed by atoms with Crippen molar-refractivity contribution in [3.63, 3.8) is 0 Å². The highest BCUT2D eigenvalue weighted by atomic mass is 33.1. The standard InChI is InChI=1S/C93H133N9O14S5/c1-62(2)28-20-30-64(5)32-22-34-66(7)36-24-38-68(9)50-54-117-59-80(86(107)94-52-53-95-121(114,115)84-47-27-44-74-75(84)45-26-46-83(74)102(14)15)99-88(109)79(57-104)98-90(111)81(60-118-55-51-69(10)39-25-37-67(8)35-23-33-65(6)31-21-29-63(3)4)100-89(110)78(56-103)97-87(108)77(48-49-85(105)106)96-91(112)82(61-119-120-93(11,12)13)101-92(113)116-58-76-72-42-18-16-40-70(72)71-41-17-19-43-73(71)76/h16-19,26-27,32-33,36-37,40-47,50-51,76-82,95,103-104H,1,3,20-25,28-31,34-35,38-39,48-49,52-61H2,2,4-15H3,(H,94,107)(H,96,112)(H,97,108)(H,98,111)(H,99,109)(H,100,110)(H,101,113)(H,105,106)/b64-32+,65-33+,66-36+,67-37+,68-50+,69-51+/t77-,78-,79-,80-,81-,82-/m0/s1. The number of hydrogen-bond donors (Lipinski definition) is 11. The minimum Gasteiger partial charge on any atom is -0.481 e. The summed E-state index contributed by atoms with van der Waals surface area (Å²) in [7, 11) is 2.30. The highest BCUT2D eigenvalue weighted by Gasteiger charge is 2.36. The molecule has 0 fully saturated rings. The van der Waals surface area contributed by atoms with Gasteiger partial charge in [-0.1, -0.05) is 196 Å². The maximum absolute atomic E-state index is 14.7. The quantitative estimate of drug-likeness (QED) is 0.0111. The van der Waals surface area contributed by atoms with Crippen molar-refractivity contribution in [1.29, 1.82) is 0 Å². The molecular formula is C93H133N9O14S5. The number of fused-ring (bicyclic) bond motifs is 4. The zero-order valence-electron chi connectivity index (χ0n) is 73.2. The van der Waals surface area contributed by atoms with Crippen LogP contribution in [-0.2, 0) is 48.3 Å². The Labute approximate surface area is 735 Å². The van der Waals surface area contributed by atoms with Crippen LogP contribution in [0.4, 0.5) is 10.5 Å². The van der Waals surface area contributed by atoms with E-state index in [4.69, 9.17) is 4.74 Å². The fourth-order valence-corrected chi connectivity index (χ4v) is 19.0. The van der Waals surface area contributed by atoms with Crippen molar-refractivity contribution >= 4 is 119 Å². The average molecular weight is 1760 g/mol. The van der Waals surface area contributed by atoms with Gasteiger partial charge in [0.05, 0.1) is 18.1 Å². The number of aliphatic hydroxyl groups is 2. The molecule has 23 nitrogen and oxygen atoms in total. The third kappa shape index (κ3) is 38.5. The maximum atomic E-state index is 14.7. The van der Waals surface area contributed by atoms with Crippen LogP contribution in [0.25, 0.3) is 21.9 Å². The van der Waals surface area contributed by atoms with E-state index < -0.39 is 120 Å². The molecule has 0 spiro atoms. The Morgan fingerprint density at radius 1 is 0.488 bits per heavy atom. The van der Waals surface area contributed by atoms with E-state index in [0.29, 0.717) is 16.9 Å². The summed E-state index contributed by atoms with van der Waals surface area (Å²) < 4.78 is 35.9. The van der Waals surface area contributed by atoms with Crippen molar-refractivity contribution in [1.82, 2.24) is 41.9 Å². The molecule has 6 atom stereocenters. The third-order valence-corrected chi connectivity index (χ3v) is 27.0. The van der Waals surface area contributed by atoms with Gasteiger partial charge in [0, 0.05) is 89.5 Å². The highest BCUT2D eigenvalue weighted by Crippen LogP contribution is 2.45. The minimum absolute atomic E-state index is 0.00168. The molecule has 0 heterocycles. The maximum Gasteiger partial charge on any atom is 0.407 e. The van der Waals surface area contributed by atoms with Crippen molar-refractivity contribution < 1.29 is 66.8 Å². The van der Waals surface area contributed by atoms with E-state index in [1.54, 1.807) is 18.2 Å². The number of anilines is 1. The number of aliphatic carboxylic acids is 1. The van der Waals surface area contributed by atoms with Crippen LogP contribution in [0.3, 0.4) is 0 Å². The van der Waals surface area contributed by atoms with E-state index >= 15 is 0 Å². The number of sulfonamides is 1. The summed E-state index contributed by atoms with van der Waals surface area (Å²) in [5.41, 5.74) is 14.6. The molecule has 0 unspecified atom stereocenters. The summed E-state index contributed by atoms with van der Waals surface area (Å²) in [6.45, 7) is 28.0. The molecule has 121 heavy (non-hydrogen) atoms. The number of ether oxygens (including phenoxy) is 1. The molecule has 0 saturated carbocycles. The third-order valence-electron chi connectivity index (χ3n) is 20.2. The molecule has 0 aliphatic heterocycles. The van der Waals surface area contributed by atoms with E-state index in [1.165, 1.54) is 84.6 Å². The van der Waals surface area contributed by atoms with Crippen LogP contribution in [0.15, 0.2) is 184 Å². The first kappa shape index (κ1) is 103. The smallest absolute Gasteiger partial charge is 0.407 e. The minimum atomic E-state index is -4.12. The zero-order chi connectivity index (χ0) is 89.2. The van der Waals surface area contributed by atoms with Gasteiger partial charge >= 0.3 is 12.1 Å². The van der Waals surface area contributed by atoms with E-state index in [0.717, 1.165) is 134 Å². The predicted octanol–water partition coefficient (Wildman–Crippen LogP) is 15.4. The number of allylic oxidation sites excluding steroid dienone is 12. The first-order chi connectivity index (χ1) is 57.5. The number of thioether (sulfide) groups is 2. The van der Waals surface area contributed by atoms with Gasteiger partial charge in [-0.3, -0.25) is 33.6 Å². The van der Waals surface area contributed by atoms with Crippen LogP contribution in [0, 0.1) is 0 Å². The Kier molecular flexibility index (Phi) is 46.3. The van der Waals surface area contributed by atoms with Crippen molar-refractivity contribution in [2.24, 2.45) is 0 Å². The number of aliphatic hydroxyl groups excluding tert-OH is 2. The van der Waals surface area contributed by atoms with Gasteiger partial charge in [-0.05, 0) is 186 Å². The summed E-state index contributed by atoms with van der Waals surface area (Å²) in [6.07, 6.45) is 24.3. The van der Waals surface area contributed by atoms with Crippen LogP contribution >= 0.6 is 45.1 Å². The lowest BCUT2D eigenvalue weighted by Gasteiger charge is -2.27. The van der Waals surface area contributed by atoms with Crippen LogP contribution in [0.1, 0.15) is 196 Å². The molecule has 0 saturated heterocycles. The van der Waals surface area contributed by atoms with Crippen LogP contribution < -0.4 is 46.8 Å². The number of amides is 7. The van der Waals surface area contributed by atoms with E-state index in [9.17, 15) is 62.1 Å². The topological polar surface area (TPSA) is 340 Å². The lowest BCUT2D eigenvalue weighted by Crippen LogP contribution is -2.61. The van der Waals surface area contributed by atoms with Crippen molar-refractivity contribution in [3.8, 4) is 11.1 Å². The lowest BCUT2D eigenvalue weighted by atomic mass is 9.98. The SMILES string of the molecule is C=C(C)CCC/C(C)=C/CC/C(C)=C/CC/C(C)=C/CSC[C@H](NC(=O)[C@H](CO)NC(=O)[C@H](CSC/C=C(\C)CC/C=C(\C)CC/C=C(\C)CCCC(=C)C)NC(=O)[C@H](CO)NC(=O)[C@H](CCC(=O)O)NC(=O)[C@H](CSSC(C)(C)C)NC(=O)OCC1c2ccccc2-c2ccccc21)C(=O)NCCNS(=O)(=O)c1cccc2c(N(C)C)cccc12. The van der Waals surface area contributed by atoms with Gasteiger partial charge in [0.1, 0.15) is 42.9 Å². The van der Waals surface area contributed by atoms with Crippen LogP contribution in [0.5, 0.6) is 0 Å². The summed E-state index contributed by atoms with van der Waals surface area (Å²) in [4.78, 5) is 115. The molecule has 4 aromatic carbocycles. The van der Waals surface area contributed by atoms with Gasteiger partial charge < -0.3 is 62.2 Å². The number of hydrogen-bond acceptors (Lipinski definition) is 18. The summed E-state index contributed by atoms with van der Waals surface area (Å²) in [5, 5.41) is 51.1. The Bertz CT molecular complexity index is 4410. The molecule has 0 aromatic heterocycles. The zero-order valence-corrected chi connectivity index (χ0v) is 77.3. The van der Waals surface area contributed by atoms with Gasteiger partial charge in [0.2, 0.25) is 45.5 Å². The number of carboxylic acid groups (broad SMARTS) is 1. The van der Waals surface area contributed by atoms with Crippen molar-refractivity contribution in [3.05, 3.63) is 190 Å².